The van der Waals surface area contributed by atoms with Gasteiger partial charge < -0.3 is 20.5 Å². The maximum absolute atomic E-state index is 13.7. The number of amides is 1. The zero-order valence-electron chi connectivity index (χ0n) is 18.2. The summed E-state index contributed by atoms with van der Waals surface area (Å²) in [5, 5.41) is 23.8. The monoisotopic (exact) mass is 432 g/mol. The van der Waals surface area contributed by atoms with Crippen molar-refractivity contribution in [2.45, 2.75) is 32.6 Å². The van der Waals surface area contributed by atoms with Crippen molar-refractivity contribution in [2.24, 2.45) is 0 Å². The predicted molar refractivity (Wildman–Crippen MR) is 124 cm³/mol. The van der Waals surface area contributed by atoms with Crippen molar-refractivity contribution in [3.8, 4) is 28.4 Å². The van der Waals surface area contributed by atoms with Crippen LogP contribution in [0.25, 0.3) is 16.9 Å². The summed E-state index contributed by atoms with van der Waals surface area (Å²) in [5.41, 5.74) is 11.8. The minimum Gasteiger partial charge on any atom is -0.508 e. The predicted octanol–water partition coefficient (Wildman–Crippen LogP) is 3.85. The summed E-state index contributed by atoms with van der Waals surface area (Å²) in [4.78, 5) is 13.7. The Morgan fingerprint density at radius 2 is 1.59 bits per heavy atom. The van der Waals surface area contributed by atoms with Crippen molar-refractivity contribution in [2.75, 3.05) is 25.4 Å². The number of carbonyl (C=O) groups excluding carboxylic acids is 1. The van der Waals surface area contributed by atoms with Crippen molar-refractivity contribution < 1.29 is 15.0 Å². The molecule has 7 nitrogen and oxygen atoms in total. The Bertz CT molecular complexity index is 1180. The average molecular weight is 433 g/mol. The number of anilines is 1. The van der Waals surface area contributed by atoms with Crippen molar-refractivity contribution in [1.82, 2.24) is 14.6 Å². The molecule has 0 unspecified atom stereocenters. The number of aromatic nitrogens is 1. The van der Waals surface area contributed by atoms with Crippen LogP contribution in [-0.4, -0.2) is 50.3 Å². The Labute approximate surface area is 187 Å². The summed E-state index contributed by atoms with van der Waals surface area (Å²) in [6, 6.07) is 11.9. The van der Waals surface area contributed by atoms with E-state index in [-0.39, 0.29) is 17.4 Å². The van der Waals surface area contributed by atoms with Gasteiger partial charge in [-0.3, -0.25) is 9.80 Å². The van der Waals surface area contributed by atoms with E-state index in [1.165, 1.54) is 12.5 Å². The van der Waals surface area contributed by atoms with E-state index >= 15 is 0 Å². The minimum absolute atomic E-state index is 0.0294. The molecule has 3 aromatic rings. The molecular formula is C25H28N4O3. The number of nitrogens with two attached hydrogens (primary N) is 1. The Hall–Kier alpha value is -3.45. The van der Waals surface area contributed by atoms with Crippen molar-refractivity contribution >= 4 is 11.6 Å². The second-order valence-corrected chi connectivity index (χ2v) is 8.61. The van der Waals surface area contributed by atoms with E-state index in [2.05, 4.69) is 9.58 Å². The van der Waals surface area contributed by atoms with E-state index in [4.69, 9.17) is 5.73 Å². The number of fused-ring (bicyclic) bond motifs is 1. The number of piperidine rings is 1. The maximum atomic E-state index is 13.7. The smallest absolute Gasteiger partial charge is 0.270 e. The van der Waals surface area contributed by atoms with Crippen molar-refractivity contribution in [3.63, 3.8) is 0 Å². The number of nitrogens with zero attached hydrogens (tertiary/aromatic N) is 3. The highest BCUT2D eigenvalue weighted by Crippen LogP contribution is 2.39. The lowest BCUT2D eigenvalue weighted by molar-refractivity contribution is -0.0237. The Morgan fingerprint density at radius 1 is 0.906 bits per heavy atom. The van der Waals surface area contributed by atoms with E-state index in [1.807, 2.05) is 24.1 Å². The van der Waals surface area contributed by atoms with Gasteiger partial charge in [0.05, 0.1) is 22.6 Å². The van der Waals surface area contributed by atoms with Crippen LogP contribution in [-0.2, 0) is 6.42 Å². The average Bonchev–Trinajstić information content (AvgIpc) is 3.08. The molecule has 32 heavy (non-hydrogen) atoms. The van der Waals surface area contributed by atoms with Gasteiger partial charge in [0.1, 0.15) is 11.5 Å². The van der Waals surface area contributed by atoms with Crippen molar-refractivity contribution in [1.29, 1.82) is 0 Å². The molecule has 2 aliphatic rings. The number of hydrazine groups is 1. The molecule has 3 heterocycles. The third-order valence-corrected chi connectivity index (χ3v) is 6.59. The van der Waals surface area contributed by atoms with Crippen LogP contribution in [0, 0.1) is 6.92 Å². The quantitative estimate of drug-likeness (QED) is 0.547. The molecular weight excluding hydrogens is 404 g/mol. The zero-order chi connectivity index (χ0) is 22.4. The molecule has 2 aliphatic heterocycles. The van der Waals surface area contributed by atoms with Gasteiger partial charge in [-0.15, -0.1) is 0 Å². The molecule has 0 aliphatic carbocycles. The molecule has 1 aromatic heterocycles. The molecule has 1 saturated heterocycles. The second-order valence-electron chi connectivity index (χ2n) is 8.61. The fraction of sp³-hybridized carbons (Fsp3) is 0.320. The summed E-state index contributed by atoms with van der Waals surface area (Å²) < 4.78 is 2.05. The Balaban J connectivity index is 1.70. The van der Waals surface area contributed by atoms with Gasteiger partial charge in [0.2, 0.25) is 0 Å². The number of aromatic hydroxyl groups is 2. The van der Waals surface area contributed by atoms with Crippen molar-refractivity contribution in [3.05, 3.63) is 59.3 Å². The first kappa shape index (κ1) is 20.5. The van der Waals surface area contributed by atoms with Gasteiger partial charge in [0, 0.05) is 37.8 Å². The minimum atomic E-state index is 0.0294. The third-order valence-electron chi connectivity index (χ3n) is 6.59. The van der Waals surface area contributed by atoms with Gasteiger partial charge in [-0.25, -0.2) is 5.01 Å². The summed E-state index contributed by atoms with van der Waals surface area (Å²) in [6.45, 7) is 4.43. The molecule has 0 bridgehead atoms. The lowest BCUT2D eigenvalue weighted by Gasteiger charge is -2.39. The van der Waals surface area contributed by atoms with Gasteiger partial charge in [-0.2, -0.15) is 0 Å². The van der Waals surface area contributed by atoms with Gasteiger partial charge in [-0.1, -0.05) is 6.42 Å². The molecule has 0 saturated carbocycles. The largest absolute Gasteiger partial charge is 0.508 e. The van der Waals surface area contributed by atoms with E-state index in [0.29, 0.717) is 18.7 Å². The molecule has 0 spiro atoms. The standard InChI is InChI=1S/C25H28N4O3/c1-16-23-22(11-14-28(25(23)32)27-12-3-2-4-13-27)29(21-10-9-19(31)15-20(21)26)24(16)17-5-7-18(30)8-6-17/h5-10,15,30-31H,2-4,11-14,26H2,1H3. The maximum Gasteiger partial charge on any atom is 0.270 e. The normalized spacial score (nSPS) is 16.9. The number of rotatable bonds is 3. The van der Waals surface area contributed by atoms with E-state index in [9.17, 15) is 15.0 Å². The van der Waals surface area contributed by atoms with E-state index in [0.717, 1.165) is 59.7 Å². The number of phenolic OH excluding ortho intramolecular Hbond substituents is 2. The SMILES string of the molecule is Cc1c2c(n(-c3ccc(O)cc3N)c1-c1ccc(O)cc1)CCN(N1CCCCC1)C2=O. The van der Waals surface area contributed by atoms with Crippen LogP contribution in [0.3, 0.4) is 0 Å². The summed E-state index contributed by atoms with van der Waals surface area (Å²) in [5.74, 6) is 0.315. The Kier molecular flexibility index (Phi) is 5.06. The fourth-order valence-electron chi connectivity index (χ4n) is 5.08. The lowest BCUT2D eigenvalue weighted by Crippen LogP contribution is -2.51. The molecule has 7 heteroatoms. The third kappa shape index (κ3) is 3.29. The first-order chi connectivity index (χ1) is 15.5. The van der Waals surface area contributed by atoms with Crippen LogP contribution in [0.15, 0.2) is 42.5 Å². The highest BCUT2D eigenvalue weighted by atomic mass is 16.3. The molecule has 166 valence electrons. The summed E-state index contributed by atoms with van der Waals surface area (Å²) >= 11 is 0. The number of hydrogen-bond donors (Lipinski definition) is 3. The zero-order valence-corrected chi connectivity index (χ0v) is 18.2. The van der Waals surface area contributed by atoms with Gasteiger partial charge in [0.15, 0.2) is 0 Å². The number of phenols is 2. The summed E-state index contributed by atoms with van der Waals surface area (Å²) in [7, 11) is 0. The molecule has 5 rings (SSSR count). The number of nitrogen functional groups attached to an aromatic ring is 1. The van der Waals surface area contributed by atoms with Gasteiger partial charge in [0.25, 0.3) is 5.91 Å². The molecule has 2 aromatic carbocycles. The number of benzene rings is 2. The Morgan fingerprint density at radius 3 is 2.28 bits per heavy atom. The molecule has 1 amide bonds. The van der Waals surface area contributed by atoms with Gasteiger partial charge >= 0.3 is 0 Å². The van der Waals surface area contributed by atoms with Crippen LogP contribution in [0.1, 0.15) is 40.9 Å². The second kappa shape index (κ2) is 7.91. The van der Waals surface area contributed by atoms with Crippen LogP contribution in [0.2, 0.25) is 0 Å². The first-order valence-corrected chi connectivity index (χ1v) is 11.1. The summed E-state index contributed by atoms with van der Waals surface area (Å²) in [6.07, 6.45) is 4.14. The van der Waals surface area contributed by atoms with Crippen LogP contribution in [0.4, 0.5) is 5.69 Å². The lowest BCUT2D eigenvalue weighted by atomic mass is 10.0. The highest BCUT2D eigenvalue weighted by molar-refractivity contribution is 6.00. The van der Waals surface area contributed by atoms with Crippen LogP contribution < -0.4 is 5.73 Å². The first-order valence-electron chi connectivity index (χ1n) is 11.1. The highest BCUT2D eigenvalue weighted by Gasteiger charge is 2.36. The molecule has 0 atom stereocenters. The topological polar surface area (TPSA) is 95.0 Å². The molecule has 1 fully saturated rings. The number of hydrogen-bond acceptors (Lipinski definition) is 5. The molecule has 0 radical (unpaired) electrons. The van der Waals surface area contributed by atoms with Crippen LogP contribution >= 0.6 is 0 Å². The van der Waals surface area contributed by atoms with E-state index < -0.39 is 0 Å². The fourth-order valence-corrected chi connectivity index (χ4v) is 5.08. The van der Waals surface area contributed by atoms with E-state index in [1.54, 1.807) is 24.3 Å². The number of carbonyl (C=O) groups is 1. The molecule has 4 N–H and O–H groups in total. The van der Waals surface area contributed by atoms with Crippen LogP contribution in [0.5, 0.6) is 11.5 Å². The van der Waals surface area contributed by atoms with Gasteiger partial charge in [-0.05, 0) is 67.3 Å².